The van der Waals surface area contributed by atoms with Gasteiger partial charge in [-0.1, -0.05) is 48.7 Å². The predicted molar refractivity (Wildman–Crippen MR) is 111 cm³/mol. The van der Waals surface area contributed by atoms with Gasteiger partial charge in [-0.15, -0.1) is 10.2 Å². The number of rotatable bonds is 7. The Morgan fingerprint density at radius 1 is 1.32 bits per heavy atom. The highest BCUT2D eigenvalue weighted by molar-refractivity contribution is 8.00. The second kappa shape index (κ2) is 9.32. The van der Waals surface area contributed by atoms with Crippen LogP contribution in [0.5, 0.6) is 5.75 Å². The Morgan fingerprint density at radius 2 is 2.07 bits per heavy atom. The number of nitrogen functional groups attached to an aromatic ring is 1. The molecule has 0 unspecified atom stereocenters. The van der Waals surface area contributed by atoms with Crippen LogP contribution in [-0.2, 0) is 11.4 Å². The van der Waals surface area contributed by atoms with Gasteiger partial charge in [-0.2, -0.15) is 0 Å². The summed E-state index contributed by atoms with van der Waals surface area (Å²) >= 11 is 1.31. The number of nitrogens with two attached hydrogens (primary N) is 1. The van der Waals surface area contributed by atoms with Crippen LogP contribution in [0.3, 0.4) is 0 Å². The third-order valence-electron chi connectivity index (χ3n) is 5.03. The number of nitrogens with one attached hydrogen (secondary N) is 1. The van der Waals surface area contributed by atoms with Crippen molar-refractivity contribution in [3.63, 3.8) is 0 Å². The van der Waals surface area contributed by atoms with Gasteiger partial charge in [0.15, 0.2) is 5.82 Å². The van der Waals surface area contributed by atoms with Crippen molar-refractivity contribution in [1.29, 1.82) is 0 Å². The zero-order valence-corrected chi connectivity index (χ0v) is 17.6. The monoisotopic (exact) mass is 403 g/mol. The summed E-state index contributed by atoms with van der Waals surface area (Å²) in [4.78, 5) is 12.5. The van der Waals surface area contributed by atoms with Gasteiger partial charge < -0.3 is 15.9 Å². The first-order valence-corrected chi connectivity index (χ1v) is 10.7. The molecular weight excluding hydrogens is 374 g/mol. The normalized spacial score (nSPS) is 16.0. The molecule has 0 saturated heterocycles. The highest BCUT2D eigenvalue weighted by atomic mass is 32.2. The van der Waals surface area contributed by atoms with E-state index in [4.69, 9.17) is 10.6 Å². The number of thioether (sulfide) groups is 1. The van der Waals surface area contributed by atoms with Crippen molar-refractivity contribution in [2.24, 2.45) is 0 Å². The molecule has 0 radical (unpaired) electrons. The Morgan fingerprint density at radius 3 is 2.79 bits per heavy atom. The van der Waals surface area contributed by atoms with Crippen LogP contribution in [0.15, 0.2) is 23.4 Å². The fourth-order valence-corrected chi connectivity index (χ4v) is 4.16. The summed E-state index contributed by atoms with van der Waals surface area (Å²) in [5.74, 6) is 7.45. The third-order valence-corrected chi connectivity index (χ3v) is 6.08. The summed E-state index contributed by atoms with van der Waals surface area (Å²) in [6.45, 7) is 6.13. The Hall–Kier alpha value is -2.22. The van der Waals surface area contributed by atoms with Gasteiger partial charge in [0.05, 0.1) is 5.25 Å². The highest BCUT2D eigenvalue weighted by Gasteiger charge is 2.23. The fraction of sp³-hybridized carbons (Fsp3) is 0.550. The summed E-state index contributed by atoms with van der Waals surface area (Å²) < 4.78 is 7.23. The van der Waals surface area contributed by atoms with Crippen molar-refractivity contribution in [2.75, 3.05) is 5.84 Å². The lowest BCUT2D eigenvalue weighted by Gasteiger charge is -2.24. The quantitative estimate of drug-likeness (QED) is 0.545. The van der Waals surface area contributed by atoms with Gasteiger partial charge in [-0.05, 0) is 45.2 Å². The number of carbonyl (C=O) groups excluding carboxylic acids is 1. The van der Waals surface area contributed by atoms with Gasteiger partial charge in [0.1, 0.15) is 12.4 Å². The van der Waals surface area contributed by atoms with E-state index in [1.807, 2.05) is 32.9 Å². The molecule has 1 atom stereocenters. The minimum atomic E-state index is -0.290. The molecule has 1 aromatic heterocycles. The predicted octanol–water partition coefficient (Wildman–Crippen LogP) is 3.12. The van der Waals surface area contributed by atoms with E-state index in [0.717, 1.165) is 24.2 Å². The van der Waals surface area contributed by atoms with Crippen LogP contribution in [-0.4, -0.2) is 32.1 Å². The lowest BCUT2D eigenvalue weighted by atomic mass is 9.95. The number of hydrogen-bond donors (Lipinski definition) is 2. The van der Waals surface area contributed by atoms with E-state index in [-0.39, 0.29) is 17.8 Å². The van der Waals surface area contributed by atoms with Crippen molar-refractivity contribution >= 4 is 17.7 Å². The Labute approximate surface area is 170 Å². The number of nitrogens with zero attached hydrogens (tertiary/aromatic N) is 3. The lowest BCUT2D eigenvalue weighted by Crippen LogP contribution is -2.40. The molecule has 0 spiro atoms. The number of carbonyl (C=O) groups is 1. The molecule has 2 aromatic rings. The van der Waals surface area contributed by atoms with E-state index in [1.54, 1.807) is 0 Å². The van der Waals surface area contributed by atoms with Gasteiger partial charge in [-0.25, -0.2) is 4.68 Å². The molecule has 1 saturated carbocycles. The molecule has 1 aliphatic rings. The minimum absolute atomic E-state index is 0.0213. The third kappa shape index (κ3) is 5.19. The van der Waals surface area contributed by atoms with Crippen LogP contribution in [0, 0.1) is 13.8 Å². The van der Waals surface area contributed by atoms with E-state index in [9.17, 15) is 4.79 Å². The Balaban J connectivity index is 1.55. The zero-order valence-electron chi connectivity index (χ0n) is 16.8. The number of hydrogen-bond acceptors (Lipinski definition) is 6. The lowest BCUT2D eigenvalue weighted by molar-refractivity contribution is -0.121. The summed E-state index contributed by atoms with van der Waals surface area (Å²) in [5.41, 5.74) is 2.25. The molecule has 1 fully saturated rings. The molecule has 3 N–H and O–H groups in total. The van der Waals surface area contributed by atoms with Gasteiger partial charge in [0.2, 0.25) is 11.1 Å². The largest absolute Gasteiger partial charge is 0.485 e. The summed E-state index contributed by atoms with van der Waals surface area (Å²) in [6.07, 6.45) is 5.77. The van der Waals surface area contributed by atoms with Crippen LogP contribution >= 0.6 is 11.8 Å². The van der Waals surface area contributed by atoms with Crippen molar-refractivity contribution < 1.29 is 9.53 Å². The van der Waals surface area contributed by atoms with E-state index in [1.165, 1.54) is 41.3 Å². The van der Waals surface area contributed by atoms with Crippen LogP contribution in [0.4, 0.5) is 0 Å². The van der Waals surface area contributed by atoms with Gasteiger partial charge in [0, 0.05) is 6.04 Å². The van der Waals surface area contributed by atoms with Crippen molar-refractivity contribution in [3.05, 3.63) is 35.2 Å². The van der Waals surface area contributed by atoms with Gasteiger partial charge >= 0.3 is 0 Å². The molecule has 3 rings (SSSR count). The number of amides is 1. The van der Waals surface area contributed by atoms with Gasteiger partial charge in [-0.3, -0.25) is 4.79 Å². The molecule has 8 heteroatoms. The van der Waals surface area contributed by atoms with E-state index in [0.29, 0.717) is 17.0 Å². The molecule has 152 valence electrons. The number of benzene rings is 1. The van der Waals surface area contributed by atoms with Crippen LogP contribution in [0.1, 0.15) is 56.0 Å². The molecular formula is C20H29N5O2S. The van der Waals surface area contributed by atoms with E-state index in [2.05, 4.69) is 21.6 Å². The van der Waals surface area contributed by atoms with Crippen LogP contribution in [0.2, 0.25) is 0 Å². The maximum atomic E-state index is 12.5. The van der Waals surface area contributed by atoms with Gasteiger partial charge in [0.25, 0.3) is 0 Å². The maximum Gasteiger partial charge on any atom is 0.233 e. The summed E-state index contributed by atoms with van der Waals surface area (Å²) in [6, 6.07) is 6.30. The summed E-state index contributed by atoms with van der Waals surface area (Å²) in [5, 5.41) is 11.6. The van der Waals surface area contributed by atoms with Crippen molar-refractivity contribution in [1.82, 2.24) is 20.2 Å². The smallest absolute Gasteiger partial charge is 0.233 e. The standard InChI is InChI=1S/C20H29N5O2S/c1-13-9-10-17(14(2)11-13)27-12-18-23-24-20(25(18)21)28-15(3)19(26)22-16-7-5-4-6-8-16/h9-11,15-16H,4-8,12,21H2,1-3H3,(H,22,26)/t15-/m0/s1. The molecule has 28 heavy (non-hydrogen) atoms. The summed E-state index contributed by atoms with van der Waals surface area (Å²) in [7, 11) is 0. The van der Waals surface area contributed by atoms with Crippen LogP contribution < -0.4 is 15.9 Å². The van der Waals surface area contributed by atoms with E-state index >= 15 is 0 Å². The zero-order chi connectivity index (χ0) is 20.1. The number of aromatic nitrogens is 3. The molecule has 0 bridgehead atoms. The minimum Gasteiger partial charge on any atom is -0.485 e. The molecule has 1 heterocycles. The van der Waals surface area contributed by atoms with Crippen molar-refractivity contribution in [2.45, 2.75) is 75.9 Å². The average molecular weight is 404 g/mol. The molecule has 1 aliphatic carbocycles. The number of ether oxygens (including phenoxy) is 1. The second-order valence-corrected chi connectivity index (χ2v) is 8.74. The topological polar surface area (TPSA) is 95.1 Å². The highest BCUT2D eigenvalue weighted by Crippen LogP contribution is 2.24. The van der Waals surface area contributed by atoms with E-state index < -0.39 is 0 Å². The van der Waals surface area contributed by atoms with Crippen molar-refractivity contribution in [3.8, 4) is 5.75 Å². The first-order valence-electron chi connectivity index (χ1n) is 9.80. The molecule has 1 aromatic carbocycles. The second-order valence-electron chi connectivity index (χ2n) is 7.43. The molecule has 0 aliphatic heterocycles. The first-order chi connectivity index (χ1) is 13.4. The maximum absolute atomic E-state index is 12.5. The Kier molecular flexibility index (Phi) is 6.83. The average Bonchev–Trinajstić information content (AvgIpc) is 3.01. The number of aryl methyl sites for hydroxylation is 2. The fourth-order valence-electron chi connectivity index (χ4n) is 3.37. The molecule has 1 amide bonds. The molecule has 7 nitrogen and oxygen atoms in total. The Bertz CT molecular complexity index is 817. The SMILES string of the molecule is Cc1ccc(OCc2nnc(S[C@@H](C)C(=O)NC3CCCCC3)n2N)c(C)c1. The van der Waals surface area contributed by atoms with Crippen LogP contribution in [0.25, 0.3) is 0 Å². The first kappa shape index (κ1) is 20.5.